The number of nitrogens with zero attached hydrogens (tertiary/aromatic N) is 5. The number of fused-ring (bicyclic) bond motifs is 1. The van der Waals surface area contributed by atoms with Crippen LogP contribution < -0.4 is 5.56 Å². The molecule has 7 heteroatoms. The van der Waals surface area contributed by atoms with E-state index in [0.29, 0.717) is 12.6 Å². The molecule has 1 atom stereocenters. The van der Waals surface area contributed by atoms with Crippen molar-refractivity contribution < 1.29 is 0 Å². The number of aromatic nitrogens is 5. The summed E-state index contributed by atoms with van der Waals surface area (Å²) in [6.45, 7) is 11.2. The molecule has 0 spiro atoms. The van der Waals surface area contributed by atoms with Crippen LogP contribution >= 0.6 is 0 Å². The van der Waals surface area contributed by atoms with Crippen molar-refractivity contribution in [3.63, 3.8) is 0 Å². The van der Waals surface area contributed by atoms with Crippen LogP contribution in [0.5, 0.6) is 0 Å². The largest absolute Gasteiger partial charge is 0.322 e. The Morgan fingerprint density at radius 1 is 1.23 bits per heavy atom. The number of hydrogen-bond donors (Lipinski definition) is 1. The van der Waals surface area contributed by atoms with Gasteiger partial charge in [0.25, 0.3) is 5.56 Å². The van der Waals surface area contributed by atoms with Gasteiger partial charge in [-0.1, -0.05) is 31.4 Å². The van der Waals surface area contributed by atoms with Crippen LogP contribution in [0.3, 0.4) is 0 Å². The van der Waals surface area contributed by atoms with Gasteiger partial charge in [0, 0.05) is 23.7 Å². The molecule has 1 aliphatic rings. The van der Waals surface area contributed by atoms with Crippen LogP contribution in [0.1, 0.15) is 82.8 Å². The highest BCUT2D eigenvalue weighted by atomic mass is 16.1. The molecule has 31 heavy (non-hydrogen) atoms. The Balaban J connectivity index is 1.75. The van der Waals surface area contributed by atoms with Crippen molar-refractivity contribution in [3.05, 3.63) is 51.6 Å². The molecule has 1 N–H and O–H groups in total. The number of rotatable bonds is 6. The Kier molecular flexibility index (Phi) is 5.97. The van der Waals surface area contributed by atoms with Gasteiger partial charge in [0.05, 0.1) is 11.6 Å². The molecular formula is C24H34N6O. The van der Waals surface area contributed by atoms with Crippen molar-refractivity contribution in [3.8, 4) is 0 Å². The van der Waals surface area contributed by atoms with E-state index in [-0.39, 0.29) is 17.1 Å². The first-order valence-electron chi connectivity index (χ1n) is 11.4. The summed E-state index contributed by atoms with van der Waals surface area (Å²) >= 11 is 0. The third-order valence-electron chi connectivity index (χ3n) is 6.44. The SMILES string of the molecule is CC[C@H](c1nnnn1C(C)(C)C)N(Cc1cc2cc(C)ccc2[nH]c1=O)C1CCCC1. The van der Waals surface area contributed by atoms with Crippen molar-refractivity contribution in [2.75, 3.05) is 0 Å². The van der Waals surface area contributed by atoms with E-state index in [9.17, 15) is 4.79 Å². The minimum absolute atomic E-state index is 0.00961. The van der Waals surface area contributed by atoms with Crippen LogP contribution in [0.25, 0.3) is 10.9 Å². The second kappa shape index (κ2) is 8.54. The fraction of sp³-hybridized carbons (Fsp3) is 0.583. The predicted molar refractivity (Wildman–Crippen MR) is 123 cm³/mol. The Morgan fingerprint density at radius 3 is 2.65 bits per heavy atom. The molecule has 2 heterocycles. The molecular weight excluding hydrogens is 388 g/mol. The van der Waals surface area contributed by atoms with E-state index in [1.54, 1.807) is 0 Å². The van der Waals surface area contributed by atoms with Crippen molar-refractivity contribution in [1.29, 1.82) is 0 Å². The summed E-state index contributed by atoms with van der Waals surface area (Å²) in [7, 11) is 0. The number of H-pyrrole nitrogens is 1. The maximum atomic E-state index is 13.0. The summed E-state index contributed by atoms with van der Waals surface area (Å²) in [5, 5.41) is 13.8. The fourth-order valence-corrected chi connectivity index (χ4v) is 4.86. The molecule has 0 bridgehead atoms. The van der Waals surface area contributed by atoms with E-state index in [1.165, 1.54) is 18.4 Å². The lowest BCUT2D eigenvalue weighted by Crippen LogP contribution is -2.40. The van der Waals surface area contributed by atoms with Crippen molar-refractivity contribution >= 4 is 10.9 Å². The van der Waals surface area contributed by atoms with Gasteiger partial charge in [-0.25, -0.2) is 4.68 Å². The van der Waals surface area contributed by atoms with E-state index >= 15 is 0 Å². The number of aryl methyl sites for hydroxylation is 1. The first-order chi connectivity index (χ1) is 14.8. The van der Waals surface area contributed by atoms with Crippen molar-refractivity contribution in [1.82, 2.24) is 30.1 Å². The molecule has 7 nitrogen and oxygen atoms in total. The Morgan fingerprint density at radius 2 is 1.97 bits per heavy atom. The van der Waals surface area contributed by atoms with Crippen LogP contribution in [0.4, 0.5) is 0 Å². The normalized spacial score (nSPS) is 16.5. The van der Waals surface area contributed by atoms with Gasteiger partial charge in [-0.05, 0) is 81.0 Å². The van der Waals surface area contributed by atoms with Gasteiger partial charge in [0.15, 0.2) is 5.82 Å². The smallest absolute Gasteiger partial charge is 0.252 e. The van der Waals surface area contributed by atoms with Crippen molar-refractivity contribution in [2.45, 2.75) is 90.9 Å². The van der Waals surface area contributed by atoms with Crippen LogP contribution in [-0.4, -0.2) is 36.1 Å². The first kappa shape index (κ1) is 21.7. The molecule has 1 aromatic carbocycles. The van der Waals surface area contributed by atoms with Gasteiger partial charge >= 0.3 is 0 Å². The zero-order valence-corrected chi connectivity index (χ0v) is 19.4. The summed E-state index contributed by atoms with van der Waals surface area (Å²) in [6, 6.07) is 8.70. The van der Waals surface area contributed by atoms with Gasteiger partial charge in [0.1, 0.15) is 0 Å². The van der Waals surface area contributed by atoms with Gasteiger partial charge in [-0.15, -0.1) is 5.10 Å². The Hall–Kier alpha value is -2.54. The highest BCUT2D eigenvalue weighted by molar-refractivity contribution is 5.79. The molecule has 0 saturated heterocycles. The second-order valence-electron chi connectivity index (χ2n) is 9.87. The van der Waals surface area contributed by atoms with Crippen LogP contribution in [-0.2, 0) is 12.1 Å². The third kappa shape index (κ3) is 4.42. The molecule has 0 radical (unpaired) electrons. The Labute approximate surface area is 183 Å². The highest BCUT2D eigenvalue weighted by Gasteiger charge is 2.34. The predicted octanol–water partition coefficient (Wildman–Crippen LogP) is 4.47. The van der Waals surface area contributed by atoms with E-state index < -0.39 is 0 Å². The van der Waals surface area contributed by atoms with Gasteiger partial charge in [0.2, 0.25) is 0 Å². The van der Waals surface area contributed by atoms with Gasteiger partial charge < -0.3 is 4.98 Å². The summed E-state index contributed by atoms with van der Waals surface area (Å²) < 4.78 is 1.94. The zero-order chi connectivity index (χ0) is 22.2. The van der Waals surface area contributed by atoms with Crippen LogP contribution in [0.2, 0.25) is 0 Å². The number of pyridine rings is 1. The maximum absolute atomic E-state index is 13.0. The molecule has 0 unspecified atom stereocenters. The van der Waals surface area contributed by atoms with Gasteiger partial charge in [-0.2, -0.15) is 0 Å². The fourth-order valence-electron chi connectivity index (χ4n) is 4.86. The minimum Gasteiger partial charge on any atom is -0.322 e. The number of hydrogen-bond acceptors (Lipinski definition) is 5. The third-order valence-corrected chi connectivity index (χ3v) is 6.44. The van der Waals surface area contributed by atoms with E-state index in [2.05, 4.69) is 72.2 Å². The van der Waals surface area contributed by atoms with E-state index in [0.717, 1.165) is 41.6 Å². The van der Waals surface area contributed by atoms with E-state index in [4.69, 9.17) is 0 Å². The zero-order valence-electron chi connectivity index (χ0n) is 19.4. The molecule has 1 saturated carbocycles. The maximum Gasteiger partial charge on any atom is 0.252 e. The molecule has 166 valence electrons. The minimum atomic E-state index is -0.203. The number of tetrazole rings is 1. The first-order valence-corrected chi connectivity index (χ1v) is 11.4. The monoisotopic (exact) mass is 422 g/mol. The number of nitrogens with one attached hydrogen (secondary N) is 1. The van der Waals surface area contributed by atoms with Crippen LogP contribution in [0, 0.1) is 6.92 Å². The van der Waals surface area contributed by atoms with Crippen molar-refractivity contribution in [2.24, 2.45) is 0 Å². The molecule has 1 fully saturated rings. The molecule has 3 aromatic rings. The van der Waals surface area contributed by atoms with Crippen LogP contribution in [0.15, 0.2) is 29.1 Å². The standard InChI is InChI=1S/C24H34N6O/c1-6-21(22-26-27-28-30(22)24(3,4)5)29(19-9-7-8-10-19)15-18-14-17-13-16(2)11-12-20(17)25-23(18)31/h11-14,19,21H,6-10,15H2,1-5H3,(H,25,31)/t21-/m1/s1. The lowest BCUT2D eigenvalue weighted by Gasteiger charge is -2.36. The number of aromatic amines is 1. The average molecular weight is 423 g/mol. The highest BCUT2D eigenvalue weighted by Crippen LogP contribution is 2.34. The summed E-state index contributed by atoms with van der Waals surface area (Å²) in [5.41, 5.74) is 2.67. The van der Waals surface area contributed by atoms with E-state index in [1.807, 2.05) is 16.8 Å². The lowest BCUT2D eigenvalue weighted by molar-refractivity contribution is 0.108. The number of benzene rings is 1. The molecule has 2 aromatic heterocycles. The molecule has 0 amide bonds. The second-order valence-corrected chi connectivity index (χ2v) is 9.87. The van der Waals surface area contributed by atoms with Gasteiger partial charge in [-0.3, -0.25) is 9.69 Å². The average Bonchev–Trinajstić information content (AvgIpc) is 3.40. The molecule has 1 aliphatic carbocycles. The quantitative estimate of drug-likeness (QED) is 0.634. The summed E-state index contributed by atoms with van der Waals surface area (Å²) in [4.78, 5) is 18.5. The molecule has 0 aliphatic heterocycles. The summed E-state index contributed by atoms with van der Waals surface area (Å²) in [6.07, 6.45) is 5.65. The topological polar surface area (TPSA) is 79.7 Å². The lowest BCUT2D eigenvalue weighted by atomic mass is 10.0. The Bertz CT molecular complexity index is 1100. The molecule has 4 rings (SSSR count). The summed E-state index contributed by atoms with van der Waals surface area (Å²) in [5.74, 6) is 0.884.